The second kappa shape index (κ2) is 7.33. The average molecular weight is 251 g/mol. The van der Waals surface area contributed by atoms with Gasteiger partial charge in [0.05, 0.1) is 0 Å². The zero-order valence-corrected chi connectivity index (χ0v) is 13.0. The van der Waals surface area contributed by atoms with Gasteiger partial charge in [0.1, 0.15) is 0 Å². The van der Waals surface area contributed by atoms with Crippen molar-refractivity contribution in [1.82, 2.24) is 5.32 Å². The minimum Gasteiger partial charge on any atom is -0.312 e. The molecule has 1 fully saturated rings. The molecule has 18 heavy (non-hydrogen) atoms. The molecular formula is C17H33N. The Labute approximate surface area is 114 Å². The Morgan fingerprint density at radius 3 is 2.28 bits per heavy atom. The first-order valence-electron chi connectivity index (χ1n) is 7.78. The molecular weight excluding hydrogens is 218 g/mol. The van der Waals surface area contributed by atoms with Crippen LogP contribution < -0.4 is 5.32 Å². The highest BCUT2D eigenvalue weighted by Crippen LogP contribution is 2.32. The summed E-state index contributed by atoms with van der Waals surface area (Å²) in [5, 5.41) is 3.71. The first-order valence-corrected chi connectivity index (χ1v) is 7.78. The minimum absolute atomic E-state index is 0.255. The van der Waals surface area contributed by atoms with Crippen molar-refractivity contribution in [2.24, 2.45) is 11.8 Å². The summed E-state index contributed by atoms with van der Waals surface area (Å²) in [6, 6.07) is 0. The summed E-state index contributed by atoms with van der Waals surface area (Å²) in [4.78, 5) is 0. The van der Waals surface area contributed by atoms with Crippen molar-refractivity contribution < 1.29 is 0 Å². The van der Waals surface area contributed by atoms with E-state index in [1.54, 1.807) is 0 Å². The summed E-state index contributed by atoms with van der Waals surface area (Å²) in [5.74, 6) is 1.80. The fourth-order valence-electron chi connectivity index (χ4n) is 2.98. The molecule has 0 spiro atoms. The standard InChI is InChI=1S/C17H33N/c1-14(2)11-12-15-9-7-6-8-10-16(15)13-18-17(3,4)5/h15-16,18H,1,6-13H2,2-5H3. The summed E-state index contributed by atoms with van der Waals surface area (Å²) in [6.45, 7) is 14.2. The van der Waals surface area contributed by atoms with Crippen LogP contribution in [-0.2, 0) is 0 Å². The molecule has 0 radical (unpaired) electrons. The van der Waals surface area contributed by atoms with Crippen LogP contribution in [0.15, 0.2) is 12.2 Å². The maximum atomic E-state index is 4.06. The zero-order chi connectivity index (χ0) is 13.6. The van der Waals surface area contributed by atoms with E-state index < -0.39 is 0 Å². The van der Waals surface area contributed by atoms with Crippen molar-refractivity contribution in [2.75, 3.05) is 6.54 Å². The highest BCUT2D eigenvalue weighted by Gasteiger charge is 2.24. The van der Waals surface area contributed by atoms with E-state index in [1.807, 2.05) is 0 Å². The largest absolute Gasteiger partial charge is 0.312 e. The van der Waals surface area contributed by atoms with Crippen LogP contribution in [-0.4, -0.2) is 12.1 Å². The van der Waals surface area contributed by atoms with Crippen molar-refractivity contribution in [3.63, 3.8) is 0 Å². The third-order valence-electron chi connectivity index (χ3n) is 4.15. The lowest BCUT2D eigenvalue weighted by Gasteiger charge is -2.30. The summed E-state index contributed by atoms with van der Waals surface area (Å²) in [7, 11) is 0. The molecule has 0 aromatic rings. The highest BCUT2D eigenvalue weighted by atomic mass is 14.9. The fraction of sp³-hybridized carbons (Fsp3) is 0.882. The molecule has 1 aliphatic carbocycles. The lowest BCUT2D eigenvalue weighted by Crippen LogP contribution is -2.40. The van der Waals surface area contributed by atoms with Crippen molar-refractivity contribution in [1.29, 1.82) is 0 Å². The van der Waals surface area contributed by atoms with Gasteiger partial charge in [-0.2, -0.15) is 0 Å². The van der Waals surface area contributed by atoms with E-state index in [9.17, 15) is 0 Å². The maximum absolute atomic E-state index is 4.06. The van der Waals surface area contributed by atoms with Crippen LogP contribution in [0.4, 0.5) is 0 Å². The minimum atomic E-state index is 0.255. The van der Waals surface area contributed by atoms with Gasteiger partial charge < -0.3 is 5.32 Å². The Kier molecular flexibility index (Phi) is 6.42. The van der Waals surface area contributed by atoms with E-state index in [1.165, 1.54) is 57.1 Å². The van der Waals surface area contributed by atoms with Crippen LogP contribution >= 0.6 is 0 Å². The first kappa shape index (κ1) is 15.8. The summed E-state index contributed by atoms with van der Waals surface area (Å²) in [5.41, 5.74) is 1.60. The second-order valence-electron chi connectivity index (χ2n) is 7.28. The molecule has 0 saturated heterocycles. The second-order valence-corrected chi connectivity index (χ2v) is 7.28. The van der Waals surface area contributed by atoms with Crippen LogP contribution in [0.3, 0.4) is 0 Å². The van der Waals surface area contributed by atoms with E-state index in [0.717, 1.165) is 11.8 Å². The zero-order valence-electron chi connectivity index (χ0n) is 13.0. The topological polar surface area (TPSA) is 12.0 Å². The number of rotatable bonds is 5. The van der Waals surface area contributed by atoms with Crippen LogP contribution in [0.2, 0.25) is 0 Å². The normalized spacial score (nSPS) is 25.8. The Bertz CT molecular complexity index is 249. The molecule has 106 valence electrons. The van der Waals surface area contributed by atoms with Gasteiger partial charge in [0.25, 0.3) is 0 Å². The number of nitrogens with one attached hydrogen (secondary N) is 1. The van der Waals surface area contributed by atoms with Gasteiger partial charge in [-0.1, -0.05) is 31.3 Å². The van der Waals surface area contributed by atoms with Gasteiger partial charge in [-0.05, 0) is 65.3 Å². The average Bonchev–Trinajstić information content (AvgIpc) is 2.47. The quantitative estimate of drug-likeness (QED) is 0.540. The fourth-order valence-corrected chi connectivity index (χ4v) is 2.98. The van der Waals surface area contributed by atoms with Gasteiger partial charge in [0.15, 0.2) is 0 Å². The molecule has 2 unspecified atom stereocenters. The van der Waals surface area contributed by atoms with E-state index in [4.69, 9.17) is 0 Å². The molecule has 1 aliphatic rings. The van der Waals surface area contributed by atoms with Gasteiger partial charge >= 0.3 is 0 Å². The predicted octanol–water partition coefficient (Wildman–Crippen LogP) is 4.93. The predicted molar refractivity (Wildman–Crippen MR) is 81.9 cm³/mol. The van der Waals surface area contributed by atoms with Crippen LogP contribution in [0, 0.1) is 11.8 Å². The highest BCUT2D eigenvalue weighted by molar-refractivity contribution is 4.90. The van der Waals surface area contributed by atoms with Gasteiger partial charge in [0, 0.05) is 5.54 Å². The third kappa shape index (κ3) is 6.58. The van der Waals surface area contributed by atoms with E-state index >= 15 is 0 Å². The molecule has 1 heteroatoms. The van der Waals surface area contributed by atoms with Gasteiger partial charge in [-0.3, -0.25) is 0 Å². The van der Waals surface area contributed by atoms with Crippen molar-refractivity contribution in [3.8, 4) is 0 Å². The Balaban J connectivity index is 2.48. The smallest absolute Gasteiger partial charge is 0.00966 e. The summed E-state index contributed by atoms with van der Waals surface area (Å²) < 4.78 is 0. The Morgan fingerprint density at radius 1 is 1.11 bits per heavy atom. The van der Waals surface area contributed by atoms with Crippen LogP contribution in [0.25, 0.3) is 0 Å². The van der Waals surface area contributed by atoms with Gasteiger partial charge in [-0.25, -0.2) is 0 Å². The molecule has 1 N–H and O–H groups in total. The Morgan fingerprint density at radius 2 is 1.72 bits per heavy atom. The molecule has 1 rings (SSSR count). The summed E-state index contributed by atoms with van der Waals surface area (Å²) >= 11 is 0. The van der Waals surface area contributed by atoms with E-state index in [0.29, 0.717) is 0 Å². The van der Waals surface area contributed by atoms with Crippen LogP contribution in [0.1, 0.15) is 72.6 Å². The van der Waals surface area contributed by atoms with E-state index in [2.05, 4.69) is 39.6 Å². The van der Waals surface area contributed by atoms with Crippen molar-refractivity contribution in [2.45, 2.75) is 78.2 Å². The van der Waals surface area contributed by atoms with Crippen molar-refractivity contribution >= 4 is 0 Å². The molecule has 0 heterocycles. The lowest BCUT2D eigenvalue weighted by atomic mass is 9.83. The molecule has 0 aromatic carbocycles. The molecule has 0 bridgehead atoms. The van der Waals surface area contributed by atoms with Gasteiger partial charge in [-0.15, -0.1) is 6.58 Å². The number of hydrogen-bond donors (Lipinski definition) is 1. The number of hydrogen-bond acceptors (Lipinski definition) is 1. The first-order chi connectivity index (χ1) is 8.38. The molecule has 2 atom stereocenters. The maximum Gasteiger partial charge on any atom is 0.00966 e. The van der Waals surface area contributed by atoms with Crippen molar-refractivity contribution in [3.05, 3.63) is 12.2 Å². The monoisotopic (exact) mass is 251 g/mol. The SMILES string of the molecule is C=C(C)CCC1CCCCCC1CNC(C)(C)C. The molecule has 1 nitrogen and oxygen atoms in total. The molecule has 0 aromatic heterocycles. The number of allylic oxidation sites excluding steroid dienone is 1. The lowest BCUT2D eigenvalue weighted by molar-refractivity contribution is 0.259. The Hall–Kier alpha value is -0.300. The van der Waals surface area contributed by atoms with Crippen LogP contribution in [0.5, 0.6) is 0 Å². The molecule has 1 saturated carbocycles. The summed E-state index contributed by atoms with van der Waals surface area (Å²) in [6.07, 6.45) is 9.73. The molecule has 0 aliphatic heterocycles. The molecule has 0 amide bonds. The van der Waals surface area contributed by atoms with Gasteiger partial charge in [0.2, 0.25) is 0 Å². The van der Waals surface area contributed by atoms with E-state index in [-0.39, 0.29) is 5.54 Å². The third-order valence-corrected chi connectivity index (χ3v) is 4.15.